The molecule has 1 N–H and O–H groups in total. The third-order valence-electron chi connectivity index (χ3n) is 2.70. The zero-order chi connectivity index (χ0) is 10.7. The quantitative estimate of drug-likeness (QED) is 0.796. The molecule has 1 saturated heterocycles. The van der Waals surface area contributed by atoms with Crippen molar-refractivity contribution < 1.29 is 0 Å². The van der Waals surface area contributed by atoms with Gasteiger partial charge in [0.15, 0.2) is 0 Å². The van der Waals surface area contributed by atoms with E-state index in [1.54, 1.807) is 6.20 Å². The first-order chi connectivity index (χ1) is 7.28. The zero-order valence-electron chi connectivity index (χ0n) is 8.78. The largest absolute Gasteiger partial charge is 0.366 e. The molecule has 0 aliphatic carbocycles. The number of likely N-dealkylation sites (N-methyl/N-ethyl adjacent to an activating group) is 1. The number of aromatic nitrogens is 2. The van der Waals surface area contributed by atoms with Gasteiger partial charge >= 0.3 is 0 Å². The number of hydrogen-bond acceptors (Lipinski definition) is 4. The van der Waals surface area contributed by atoms with E-state index in [1.807, 2.05) is 6.07 Å². The monoisotopic (exact) mass is 226 g/mol. The van der Waals surface area contributed by atoms with Crippen LogP contribution in [0.1, 0.15) is 13.3 Å². The second-order valence-electron chi connectivity index (χ2n) is 3.73. The second-order valence-corrected chi connectivity index (χ2v) is 4.07. The van der Waals surface area contributed by atoms with E-state index in [0.29, 0.717) is 11.3 Å². The maximum Gasteiger partial charge on any atom is 0.224 e. The van der Waals surface area contributed by atoms with Crippen molar-refractivity contribution in [2.45, 2.75) is 19.4 Å². The zero-order valence-corrected chi connectivity index (χ0v) is 9.54. The van der Waals surface area contributed by atoms with Crippen molar-refractivity contribution >= 4 is 17.4 Å². The SMILES string of the molecule is CCN1CCC(Nc2ccnc(Cl)n2)C1. The summed E-state index contributed by atoms with van der Waals surface area (Å²) in [5, 5.41) is 3.67. The molecule has 0 spiro atoms. The highest BCUT2D eigenvalue weighted by atomic mass is 35.5. The lowest BCUT2D eigenvalue weighted by Crippen LogP contribution is -2.26. The summed E-state index contributed by atoms with van der Waals surface area (Å²) in [6, 6.07) is 2.33. The van der Waals surface area contributed by atoms with Crippen LogP contribution in [0.4, 0.5) is 5.82 Å². The van der Waals surface area contributed by atoms with Gasteiger partial charge in [0.25, 0.3) is 0 Å². The van der Waals surface area contributed by atoms with Gasteiger partial charge in [-0.1, -0.05) is 6.92 Å². The Morgan fingerprint density at radius 1 is 1.67 bits per heavy atom. The highest BCUT2D eigenvalue weighted by Crippen LogP contribution is 2.14. The molecule has 1 aromatic heterocycles. The van der Waals surface area contributed by atoms with Crippen molar-refractivity contribution in [3.63, 3.8) is 0 Å². The van der Waals surface area contributed by atoms with Crippen molar-refractivity contribution in [2.75, 3.05) is 25.0 Å². The summed E-state index contributed by atoms with van der Waals surface area (Å²) in [6.07, 6.45) is 2.83. The van der Waals surface area contributed by atoms with Crippen molar-refractivity contribution in [2.24, 2.45) is 0 Å². The van der Waals surface area contributed by atoms with E-state index in [9.17, 15) is 0 Å². The van der Waals surface area contributed by atoms with E-state index in [-0.39, 0.29) is 0 Å². The molecule has 2 heterocycles. The summed E-state index contributed by atoms with van der Waals surface area (Å²) in [7, 11) is 0. The Kier molecular flexibility index (Phi) is 3.38. The van der Waals surface area contributed by atoms with Gasteiger partial charge in [-0.25, -0.2) is 9.97 Å². The topological polar surface area (TPSA) is 41.0 Å². The fourth-order valence-electron chi connectivity index (χ4n) is 1.86. The van der Waals surface area contributed by atoms with Crippen LogP contribution in [0.15, 0.2) is 12.3 Å². The summed E-state index contributed by atoms with van der Waals surface area (Å²) in [6.45, 7) is 5.54. The summed E-state index contributed by atoms with van der Waals surface area (Å²) in [5.74, 6) is 0.818. The van der Waals surface area contributed by atoms with Gasteiger partial charge in [-0.15, -0.1) is 0 Å². The molecule has 1 fully saturated rings. The van der Waals surface area contributed by atoms with Crippen LogP contribution in [-0.2, 0) is 0 Å². The van der Waals surface area contributed by atoms with E-state index < -0.39 is 0 Å². The number of rotatable bonds is 3. The first-order valence-electron chi connectivity index (χ1n) is 5.25. The summed E-state index contributed by atoms with van der Waals surface area (Å²) >= 11 is 5.71. The number of likely N-dealkylation sites (tertiary alicyclic amines) is 1. The smallest absolute Gasteiger partial charge is 0.224 e. The highest BCUT2D eigenvalue weighted by molar-refractivity contribution is 6.28. The van der Waals surface area contributed by atoms with E-state index in [2.05, 4.69) is 27.1 Å². The van der Waals surface area contributed by atoms with Crippen LogP contribution in [0.3, 0.4) is 0 Å². The Hall–Kier alpha value is -0.870. The summed E-state index contributed by atoms with van der Waals surface area (Å²) in [4.78, 5) is 10.4. The number of halogens is 1. The average molecular weight is 227 g/mol. The molecule has 0 saturated carbocycles. The van der Waals surface area contributed by atoms with Crippen LogP contribution in [0.2, 0.25) is 5.28 Å². The van der Waals surface area contributed by atoms with Crippen molar-refractivity contribution in [3.05, 3.63) is 17.5 Å². The fourth-order valence-corrected chi connectivity index (χ4v) is 2.01. The number of anilines is 1. The Morgan fingerprint density at radius 2 is 2.53 bits per heavy atom. The Bertz CT molecular complexity index is 331. The molecule has 1 aliphatic rings. The molecule has 1 aromatic rings. The van der Waals surface area contributed by atoms with Crippen molar-refractivity contribution in [1.82, 2.24) is 14.9 Å². The van der Waals surface area contributed by atoms with Crippen molar-refractivity contribution in [1.29, 1.82) is 0 Å². The Labute approximate surface area is 94.7 Å². The number of nitrogens with one attached hydrogen (secondary N) is 1. The molecule has 1 unspecified atom stereocenters. The molecule has 0 amide bonds. The number of nitrogens with zero attached hydrogens (tertiary/aromatic N) is 3. The van der Waals surface area contributed by atoms with Crippen LogP contribution in [0.5, 0.6) is 0 Å². The summed E-state index contributed by atoms with van der Waals surface area (Å²) in [5.41, 5.74) is 0. The van der Waals surface area contributed by atoms with Gasteiger partial charge in [0.05, 0.1) is 0 Å². The van der Waals surface area contributed by atoms with Gasteiger partial charge in [-0.3, -0.25) is 0 Å². The van der Waals surface area contributed by atoms with Gasteiger partial charge in [0.1, 0.15) is 5.82 Å². The lowest BCUT2D eigenvalue weighted by atomic mass is 10.2. The maximum atomic E-state index is 5.71. The summed E-state index contributed by atoms with van der Waals surface area (Å²) < 4.78 is 0. The normalized spacial score (nSPS) is 21.9. The molecule has 0 radical (unpaired) electrons. The van der Waals surface area contributed by atoms with Gasteiger partial charge in [0, 0.05) is 25.3 Å². The van der Waals surface area contributed by atoms with Crippen LogP contribution >= 0.6 is 11.6 Å². The third-order valence-corrected chi connectivity index (χ3v) is 2.88. The molecule has 0 bridgehead atoms. The Morgan fingerprint density at radius 3 is 3.20 bits per heavy atom. The van der Waals surface area contributed by atoms with Gasteiger partial charge < -0.3 is 10.2 Å². The Balaban J connectivity index is 1.92. The molecule has 4 nitrogen and oxygen atoms in total. The van der Waals surface area contributed by atoms with Gasteiger partial charge in [-0.05, 0) is 30.6 Å². The van der Waals surface area contributed by atoms with E-state index in [4.69, 9.17) is 11.6 Å². The molecule has 2 rings (SSSR count). The lowest BCUT2D eigenvalue weighted by Gasteiger charge is -2.14. The van der Waals surface area contributed by atoms with Crippen LogP contribution in [0, 0.1) is 0 Å². The van der Waals surface area contributed by atoms with Crippen LogP contribution < -0.4 is 5.32 Å². The molecule has 5 heteroatoms. The molecule has 1 aliphatic heterocycles. The maximum absolute atomic E-state index is 5.71. The number of hydrogen-bond donors (Lipinski definition) is 1. The molecular formula is C10H15ClN4. The minimum absolute atomic E-state index is 0.297. The predicted molar refractivity (Wildman–Crippen MR) is 61.2 cm³/mol. The molecule has 15 heavy (non-hydrogen) atoms. The lowest BCUT2D eigenvalue weighted by molar-refractivity contribution is 0.356. The third kappa shape index (κ3) is 2.79. The van der Waals surface area contributed by atoms with E-state index in [1.165, 1.54) is 0 Å². The first-order valence-corrected chi connectivity index (χ1v) is 5.63. The predicted octanol–water partition coefficient (Wildman–Crippen LogP) is 1.64. The molecule has 1 atom stereocenters. The molecular weight excluding hydrogens is 212 g/mol. The first kappa shape index (κ1) is 10.6. The molecule has 82 valence electrons. The van der Waals surface area contributed by atoms with E-state index >= 15 is 0 Å². The second kappa shape index (κ2) is 4.77. The minimum Gasteiger partial charge on any atom is -0.366 e. The van der Waals surface area contributed by atoms with Gasteiger partial charge in [0.2, 0.25) is 5.28 Å². The van der Waals surface area contributed by atoms with E-state index in [0.717, 1.165) is 31.9 Å². The minimum atomic E-state index is 0.297. The van der Waals surface area contributed by atoms with Crippen molar-refractivity contribution in [3.8, 4) is 0 Å². The van der Waals surface area contributed by atoms with Gasteiger partial charge in [-0.2, -0.15) is 0 Å². The fraction of sp³-hybridized carbons (Fsp3) is 0.600. The average Bonchev–Trinajstić information content (AvgIpc) is 2.65. The molecule has 0 aromatic carbocycles. The highest BCUT2D eigenvalue weighted by Gasteiger charge is 2.20. The van der Waals surface area contributed by atoms with Crippen LogP contribution in [0.25, 0.3) is 0 Å². The standard InChI is InChI=1S/C10H15ClN4/c1-2-15-6-4-8(7-15)13-9-3-5-12-10(11)14-9/h3,5,8H,2,4,6-7H2,1H3,(H,12,13,14). The van der Waals surface area contributed by atoms with Crippen LogP contribution in [-0.4, -0.2) is 40.5 Å².